The molecule has 134 valence electrons. The van der Waals surface area contributed by atoms with E-state index in [0.717, 1.165) is 10.6 Å². The van der Waals surface area contributed by atoms with E-state index in [2.05, 4.69) is 25.8 Å². The highest BCUT2D eigenvalue weighted by Crippen LogP contribution is 2.23. The molecule has 1 amide bonds. The Labute approximate surface area is 152 Å². The van der Waals surface area contributed by atoms with Crippen LogP contribution in [-0.4, -0.2) is 55.0 Å². The topological polar surface area (TPSA) is 115 Å². The van der Waals surface area contributed by atoms with Crippen molar-refractivity contribution in [3.63, 3.8) is 0 Å². The molecule has 0 radical (unpaired) electrons. The van der Waals surface area contributed by atoms with Crippen molar-refractivity contribution in [1.82, 2.24) is 30.5 Å². The highest BCUT2D eigenvalue weighted by atomic mass is 32.1. The summed E-state index contributed by atoms with van der Waals surface area (Å²) < 4.78 is 6.42. The maximum Gasteiger partial charge on any atom is 0.273 e. The molecule has 4 rings (SSSR count). The summed E-state index contributed by atoms with van der Waals surface area (Å²) in [5, 5.41) is 30.2. The fourth-order valence-electron chi connectivity index (χ4n) is 2.48. The van der Waals surface area contributed by atoms with Gasteiger partial charge in [0.05, 0.1) is 32.5 Å². The number of aromatic nitrogens is 5. The Hall–Kier alpha value is -2.69. The van der Waals surface area contributed by atoms with Crippen molar-refractivity contribution in [2.75, 3.05) is 13.2 Å². The van der Waals surface area contributed by atoms with Crippen LogP contribution in [0, 0.1) is 0 Å². The lowest BCUT2D eigenvalue weighted by atomic mass is 10.0. The van der Waals surface area contributed by atoms with Crippen LogP contribution in [-0.2, 0) is 17.8 Å². The number of amides is 1. The van der Waals surface area contributed by atoms with Crippen LogP contribution in [0.2, 0.25) is 0 Å². The van der Waals surface area contributed by atoms with Gasteiger partial charge in [0.1, 0.15) is 15.6 Å². The van der Waals surface area contributed by atoms with Crippen molar-refractivity contribution in [3.8, 4) is 10.6 Å². The second kappa shape index (κ2) is 6.90. The van der Waals surface area contributed by atoms with Crippen LogP contribution < -0.4 is 5.32 Å². The number of hydrogen-bond acceptors (Lipinski definition) is 8. The molecule has 26 heavy (non-hydrogen) atoms. The monoisotopic (exact) mass is 372 g/mol. The summed E-state index contributed by atoms with van der Waals surface area (Å²) in [6.07, 6.45) is 1.50. The van der Waals surface area contributed by atoms with Gasteiger partial charge < -0.3 is 15.2 Å². The largest absolute Gasteiger partial charge is 0.383 e. The first kappa shape index (κ1) is 16.8. The van der Waals surface area contributed by atoms with Gasteiger partial charge in [-0.25, -0.2) is 4.68 Å². The molecule has 0 bridgehead atoms. The molecule has 2 N–H and O–H groups in total. The molecule has 2 aromatic heterocycles. The standard InChI is InChI=1S/C16H16N6O3S/c23-14(12-7-22(21-18-12)8-16(24)9-25-10-16)17-6-13-19-20-15(26-13)11-4-2-1-3-5-11/h1-5,7,24H,6,8-10H2,(H,17,23). The van der Waals surface area contributed by atoms with Crippen molar-refractivity contribution in [2.45, 2.75) is 18.7 Å². The van der Waals surface area contributed by atoms with Gasteiger partial charge in [0.15, 0.2) is 5.69 Å². The molecule has 0 atom stereocenters. The van der Waals surface area contributed by atoms with Gasteiger partial charge in [0.2, 0.25) is 0 Å². The summed E-state index contributed by atoms with van der Waals surface area (Å²) in [5.41, 5.74) is 0.243. The molecular formula is C16H16N6O3S. The Bertz CT molecular complexity index is 906. The molecule has 1 saturated heterocycles. The summed E-state index contributed by atoms with van der Waals surface area (Å²) in [5.74, 6) is -0.357. The zero-order valence-electron chi connectivity index (χ0n) is 13.7. The molecule has 0 unspecified atom stereocenters. The number of benzene rings is 1. The second-order valence-electron chi connectivity index (χ2n) is 6.07. The maximum absolute atomic E-state index is 12.2. The van der Waals surface area contributed by atoms with Gasteiger partial charge in [-0.15, -0.1) is 15.3 Å². The number of nitrogens with zero attached hydrogens (tertiary/aromatic N) is 5. The highest BCUT2D eigenvalue weighted by Gasteiger charge is 2.37. The third kappa shape index (κ3) is 3.62. The van der Waals surface area contributed by atoms with E-state index in [1.54, 1.807) is 0 Å². The van der Waals surface area contributed by atoms with E-state index in [0.29, 0.717) is 5.01 Å². The number of rotatable bonds is 6. The number of ether oxygens (including phenoxy) is 1. The fraction of sp³-hybridized carbons (Fsp3) is 0.312. The third-order valence-corrected chi connectivity index (χ3v) is 4.83. The first-order valence-electron chi connectivity index (χ1n) is 7.98. The molecule has 10 heteroatoms. The molecule has 3 heterocycles. The van der Waals surface area contributed by atoms with E-state index >= 15 is 0 Å². The zero-order chi connectivity index (χ0) is 18.0. The van der Waals surface area contributed by atoms with Crippen molar-refractivity contribution in [2.24, 2.45) is 0 Å². The summed E-state index contributed by atoms with van der Waals surface area (Å²) >= 11 is 1.42. The minimum atomic E-state index is -0.929. The van der Waals surface area contributed by atoms with E-state index in [4.69, 9.17) is 4.74 Å². The van der Waals surface area contributed by atoms with E-state index in [9.17, 15) is 9.90 Å². The number of carbonyl (C=O) groups is 1. The van der Waals surface area contributed by atoms with Gasteiger partial charge in [0, 0.05) is 5.56 Å². The Balaban J connectivity index is 1.34. The number of aliphatic hydroxyl groups is 1. The number of carbonyl (C=O) groups excluding carboxylic acids is 1. The highest BCUT2D eigenvalue weighted by molar-refractivity contribution is 7.14. The first-order valence-corrected chi connectivity index (χ1v) is 8.79. The predicted octanol–water partition coefficient (Wildman–Crippen LogP) is 0.488. The lowest BCUT2D eigenvalue weighted by molar-refractivity contribution is -0.186. The molecule has 1 fully saturated rings. The predicted molar refractivity (Wildman–Crippen MR) is 92.3 cm³/mol. The molecule has 9 nitrogen and oxygen atoms in total. The molecule has 0 saturated carbocycles. The van der Waals surface area contributed by atoms with E-state index in [1.807, 2.05) is 30.3 Å². The van der Waals surface area contributed by atoms with Crippen LogP contribution in [0.4, 0.5) is 0 Å². The lowest BCUT2D eigenvalue weighted by Crippen LogP contribution is -2.52. The van der Waals surface area contributed by atoms with Crippen molar-refractivity contribution < 1.29 is 14.6 Å². The van der Waals surface area contributed by atoms with E-state index in [1.165, 1.54) is 22.2 Å². The first-order chi connectivity index (χ1) is 12.6. The lowest BCUT2D eigenvalue weighted by Gasteiger charge is -2.35. The Kier molecular flexibility index (Phi) is 4.45. The van der Waals surface area contributed by atoms with Gasteiger partial charge in [-0.05, 0) is 0 Å². The molecule has 1 aliphatic heterocycles. The molecule has 3 aromatic rings. The van der Waals surface area contributed by atoms with Crippen molar-refractivity contribution in [3.05, 3.63) is 47.2 Å². The van der Waals surface area contributed by atoms with Crippen LogP contribution in [0.15, 0.2) is 36.5 Å². The molecule has 1 aliphatic rings. The van der Waals surface area contributed by atoms with Gasteiger partial charge in [0.25, 0.3) is 5.91 Å². The van der Waals surface area contributed by atoms with Crippen LogP contribution in [0.25, 0.3) is 10.6 Å². The van der Waals surface area contributed by atoms with Gasteiger partial charge >= 0.3 is 0 Å². The van der Waals surface area contributed by atoms with Crippen LogP contribution in [0.3, 0.4) is 0 Å². The summed E-state index contributed by atoms with van der Waals surface area (Å²) in [7, 11) is 0. The third-order valence-electron chi connectivity index (χ3n) is 3.86. The molecule has 0 aliphatic carbocycles. The Morgan fingerprint density at radius 3 is 2.81 bits per heavy atom. The maximum atomic E-state index is 12.2. The average molecular weight is 372 g/mol. The van der Waals surface area contributed by atoms with Gasteiger partial charge in [-0.3, -0.25) is 4.79 Å². The Morgan fingerprint density at radius 1 is 1.27 bits per heavy atom. The zero-order valence-corrected chi connectivity index (χ0v) is 14.5. The molecule has 0 spiro atoms. The smallest absolute Gasteiger partial charge is 0.273 e. The summed E-state index contributed by atoms with van der Waals surface area (Å²) in [6, 6.07) is 9.74. The number of hydrogen-bond donors (Lipinski definition) is 2. The Morgan fingerprint density at radius 2 is 2.08 bits per heavy atom. The SMILES string of the molecule is O=C(NCc1nnc(-c2ccccc2)s1)c1cn(CC2(O)COC2)nn1. The van der Waals surface area contributed by atoms with Crippen LogP contribution >= 0.6 is 11.3 Å². The normalized spacial score (nSPS) is 15.4. The molecular weight excluding hydrogens is 356 g/mol. The van der Waals surface area contributed by atoms with E-state index < -0.39 is 5.60 Å². The summed E-state index contributed by atoms with van der Waals surface area (Å²) in [6.45, 7) is 1.02. The minimum absolute atomic E-state index is 0.182. The van der Waals surface area contributed by atoms with Crippen molar-refractivity contribution in [1.29, 1.82) is 0 Å². The van der Waals surface area contributed by atoms with Crippen molar-refractivity contribution >= 4 is 17.2 Å². The van der Waals surface area contributed by atoms with E-state index in [-0.39, 0.29) is 37.9 Å². The summed E-state index contributed by atoms with van der Waals surface area (Å²) in [4.78, 5) is 12.2. The molecule has 1 aromatic carbocycles. The number of nitrogens with one attached hydrogen (secondary N) is 1. The minimum Gasteiger partial charge on any atom is -0.383 e. The van der Waals surface area contributed by atoms with Crippen LogP contribution in [0.1, 0.15) is 15.5 Å². The van der Waals surface area contributed by atoms with Gasteiger partial charge in [-0.2, -0.15) is 0 Å². The quantitative estimate of drug-likeness (QED) is 0.647. The fourth-order valence-corrected chi connectivity index (χ4v) is 3.26. The van der Waals surface area contributed by atoms with Gasteiger partial charge in [-0.1, -0.05) is 46.9 Å². The second-order valence-corrected chi connectivity index (χ2v) is 7.13. The average Bonchev–Trinajstić information content (AvgIpc) is 3.29. The van der Waals surface area contributed by atoms with Crippen LogP contribution in [0.5, 0.6) is 0 Å².